The molecule has 25 heavy (non-hydrogen) atoms. The zero-order valence-electron chi connectivity index (χ0n) is 14.7. The molecule has 1 fully saturated rings. The van der Waals surface area contributed by atoms with Crippen LogP contribution < -0.4 is 19.1 Å². The second-order valence-electron chi connectivity index (χ2n) is 5.79. The lowest BCUT2D eigenvalue weighted by Crippen LogP contribution is -3.10. The zero-order valence-corrected chi connectivity index (χ0v) is 15.5. The molecule has 0 spiro atoms. The molecule has 0 radical (unpaired) electrons. The smallest absolute Gasteiger partial charge is 0.264 e. The quantitative estimate of drug-likeness (QED) is 0.874. The average Bonchev–Trinajstić information content (AvgIpc) is 3.21. The number of amides is 1. The second kappa shape index (κ2) is 7.76. The number of carbonyl (C=O) groups is 1. The van der Waals surface area contributed by atoms with E-state index in [1.165, 1.54) is 16.2 Å². The molecule has 0 saturated carbocycles. The summed E-state index contributed by atoms with van der Waals surface area (Å²) in [7, 11) is 4.84. The minimum atomic E-state index is 0.124. The molecule has 134 valence electrons. The number of piperazine rings is 1. The van der Waals surface area contributed by atoms with Crippen molar-refractivity contribution >= 4 is 22.9 Å². The molecule has 0 unspecified atom stereocenters. The van der Waals surface area contributed by atoms with E-state index in [2.05, 4.69) is 0 Å². The predicted molar refractivity (Wildman–Crippen MR) is 96.7 cm³/mol. The van der Waals surface area contributed by atoms with Crippen LogP contribution in [0.5, 0.6) is 17.2 Å². The maximum atomic E-state index is 12.5. The molecule has 0 aliphatic carbocycles. The van der Waals surface area contributed by atoms with Gasteiger partial charge in [0.25, 0.3) is 5.91 Å². The molecular weight excluding hydrogens is 340 g/mol. The van der Waals surface area contributed by atoms with Crippen molar-refractivity contribution in [3.8, 4) is 17.2 Å². The van der Waals surface area contributed by atoms with Crippen LogP contribution in [0.15, 0.2) is 29.6 Å². The van der Waals surface area contributed by atoms with Gasteiger partial charge < -0.3 is 19.1 Å². The topological polar surface area (TPSA) is 52.4 Å². The highest BCUT2D eigenvalue weighted by Crippen LogP contribution is 2.39. The number of benzene rings is 1. The molecule has 3 rings (SSSR count). The van der Waals surface area contributed by atoms with Gasteiger partial charge in [-0.25, -0.2) is 0 Å². The molecule has 1 aliphatic rings. The van der Waals surface area contributed by atoms with Gasteiger partial charge in [-0.05, 0) is 11.4 Å². The maximum absolute atomic E-state index is 12.5. The predicted octanol–water partition coefficient (Wildman–Crippen LogP) is 1.45. The van der Waals surface area contributed by atoms with E-state index in [4.69, 9.17) is 14.2 Å². The van der Waals surface area contributed by atoms with Gasteiger partial charge in [-0.15, -0.1) is 11.3 Å². The van der Waals surface area contributed by atoms with Gasteiger partial charge in [0, 0.05) is 12.1 Å². The Hall–Kier alpha value is -2.25. The number of quaternary nitrogens is 1. The highest BCUT2D eigenvalue weighted by atomic mass is 32.1. The highest BCUT2D eigenvalue weighted by Gasteiger charge is 2.28. The van der Waals surface area contributed by atoms with Crippen molar-refractivity contribution in [3.63, 3.8) is 0 Å². The Labute approximate surface area is 151 Å². The van der Waals surface area contributed by atoms with Gasteiger partial charge >= 0.3 is 0 Å². The first-order valence-corrected chi connectivity index (χ1v) is 9.03. The summed E-state index contributed by atoms with van der Waals surface area (Å²) in [5.41, 5.74) is 1.08. The standard InChI is InChI=1S/C18H22N2O4S/c1-22-14-11-13(12-15(23-2)17(14)24-3)19-6-8-20(9-7-19)18(21)16-5-4-10-25-16/h4-5,10-12H,6-9H2,1-3H3/p+1. The van der Waals surface area contributed by atoms with E-state index in [-0.39, 0.29) is 5.91 Å². The molecule has 6 nitrogen and oxygen atoms in total. The maximum Gasteiger partial charge on any atom is 0.264 e. The first kappa shape index (κ1) is 17.6. The number of rotatable bonds is 5. The summed E-state index contributed by atoms with van der Waals surface area (Å²) in [6.45, 7) is 3.14. The molecule has 1 aromatic carbocycles. The van der Waals surface area contributed by atoms with Crippen molar-refractivity contribution in [2.75, 3.05) is 47.5 Å². The number of carbonyl (C=O) groups excluding carboxylic acids is 1. The third-order valence-electron chi connectivity index (χ3n) is 4.46. The van der Waals surface area contributed by atoms with Crippen molar-refractivity contribution < 1.29 is 23.9 Å². The lowest BCUT2D eigenvalue weighted by Gasteiger charge is -2.32. The summed E-state index contributed by atoms with van der Waals surface area (Å²) in [5.74, 6) is 2.03. The van der Waals surface area contributed by atoms with Crippen LogP contribution in [0.2, 0.25) is 0 Å². The van der Waals surface area contributed by atoms with Crippen molar-refractivity contribution in [1.29, 1.82) is 0 Å². The van der Waals surface area contributed by atoms with Crippen LogP contribution in [0.3, 0.4) is 0 Å². The molecule has 2 heterocycles. The van der Waals surface area contributed by atoms with E-state index in [0.29, 0.717) is 17.2 Å². The average molecular weight is 363 g/mol. The Morgan fingerprint density at radius 3 is 2.20 bits per heavy atom. The van der Waals surface area contributed by atoms with Gasteiger partial charge in [0.1, 0.15) is 5.69 Å². The molecule has 1 aliphatic heterocycles. The Morgan fingerprint density at radius 1 is 1.08 bits per heavy atom. The first-order valence-electron chi connectivity index (χ1n) is 8.15. The van der Waals surface area contributed by atoms with E-state index in [9.17, 15) is 4.79 Å². The summed E-state index contributed by atoms with van der Waals surface area (Å²) in [4.78, 5) is 16.5. The van der Waals surface area contributed by atoms with Crippen LogP contribution in [-0.4, -0.2) is 58.3 Å². The molecule has 1 N–H and O–H groups in total. The molecule has 1 aromatic heterocycles. The summed E-state index contributed by atoms with van der Waals surface area (Å²) >= 11 is 1.49. The SMILES string of the molecule is COc1cc([NH+]2CCN(C(=O)c3cccs3)CC2)cc(OC)c1OC. The molecular formula is C18H23N2O4S+. The van der Waals surface area contributed by atoms with Crippen molar-refractivity contribution in [3.05, 3.63) is 34.5 Å². The number of methoxy groups -OCH3 is 3. The second-order valence-corrected chi connectivity index (χ2v) is 6.73. The van der Waals surface area contributed by atoms with Gasteiger partial charge in [0.2, 0.25) is 5.75 Å². The van der Waals surface area contributed by atoms with E-state index < -0.39 is 0 Å². The number of nitrogens with one attached hydrogen (secondary N) is 1. The van der Waals surface area contributed by atoms with E-state index >= 15 is 0 Å². The van der Waals surface area contributed by atoms with E-state index in [1.807, 2.05) is 34.5 Å². The molecule has 1 amide bonds. The molecule has 0 bridgehead atoms. The van der Waals surface area contributed by atoms with Crippen LogP contribution in [0.1, 0.15) is 9.67 Å². The van der Waals surface area contributed by atoms with Gasteiger partial charge in [-0.1, -0.05) is 6.07 Å². The van der Waals surface area contributed by atoms with E-state index in [1.54, 1.807) is 21.3 Å². The van der Waals surface area contributed by atoms with Gasteiger partial charge in [0.15, 0.2) is 11.5 Å². The van der Waals surface area contributed by atoms with Crippen LogP contribution in [-0.2, 0) is 0 Å². The third-order valence-corrected chi connectivity index (χ3v) is 5.32. The Morgan fingerprint density at radius 2 is 1.72 bits per heavy atom. The van der Waals surface area contributed by atoms with Crippen molar-refractivity contribution in [1.82, 2.24) is 4.90 Å². The number of hydrogen-bond donors (Lipinski definition) is 1. The van der Waals surface area contributed by atoms with Crippen LogP contribution in [0, 0.1) is 0 Å². The summed E-state index contributed by atoms with van der Waals surface area (Å²) in [5, 5.41) is 1.94. The summed E-state index contributed by atoms with van der Waals surface area (Å²) in [6.07, 6.45) is 0. The number of thiophene rings is 1. The molecule has 2 aromatic rings. The minimum absolute atomic E-state index is 0.124. The van der Waals surface area contributed by atoms with Crippen molar-refractivity contribution in [2.45, 2.75) is 0 Å². The Bertz CT molecular complexity index is 700. The highest BCUT2D eigenvalue weighted by molar-refractivity contribution is 7.12. The van der Waals surface area contributed by atoms with Gasteiger partial charge in [-0.2, -0.15) is 0 Å². The largest absolute Gasteiger partial charge is 0.492 e. The lowest BCUT2D eigenvalue weighted by atomic mass is 10.2. The fraction of sp³-hybridized carbons (Fsp3) is 0.389. The third kappa shape index (κ3) is 3.57. The van der Waals surface area contributed by atoms with Crippen LogP contribution in [0.4, 0.5) is 5.69 Å². The van der Waals surface area contributed by atoms with E-state index in [0.717, 1.165) is 36.7 Å². The number of ether oxygens (including phenoxy) is 3. The molecule has 7 heteroatoms. The number of hydrogen-bond acceptors (Lipinski definition) is 5. The molecule has 0 atom stereocenters. The first-order chi connectivity index (χ1) is 12.2. The molecule has 1 saturated heterocycles. The fourth-order valence-corrected chi connectivity index (χ4v) is 3.80. The zero-order chi connectivity index (χ0) is 17.8. The summed E-state index contributed by atoms with van der Waals surface area (Å²) < 4.78 is 16.3. The van der Waals surface area contributed by atoms with Crippen molar-refractivity contribution in [2.24, 2.45) is 0 Å². The Kier molecular flexibility index (Phi) is 5.45. The Balaban J connectivity index is 1.73. The lowest BCUT2D eigenvalue weighted by molar-refractivity contribution is -0.837. The van der Waals surface area contributed by atoms with Crippen LogP contribution >= 0.6 is 11.3 Å². The summed E-state index contributed by atoms with van der Waals surface area (Å²) in [6, 6.07) is 7.75. The monoisotopic (exact) mass is 363 g/mol. The van der Waals surface area contributed by atoms with Gasteiger partial charge in [-0.3, -0.25) is 9.69 Å². The fourth-order valence-electron chi connectivity index (χ4n) is 3.11. The minimum Gasteiger partial charge on any atom is -0.492 e. The van der Waals surface area contributed by atoms with Crippen LogP contribution in [0.25, 0.3) is 0 Å². The normalized spacial score (nSPS) is 15.1. The number of nitrogens with zero attached hydrogens (tertiary/aromatic N) is 1. The van der Waals surface area contributed by atoms with Gasteiger partial charge in [0.05, 0.1) is 52.4 Å².